The third-order valence-electron chi connectivity index (χ3n) is 4.19. The molecule has 2 heterocycles. The normalized spacial score (nSPS) is 10.7. The summed E-state index contributed by atoms with van der Waals surface area (Å²) >= 11 is 12.9. The number of hydrogen-bond acceptors (Lipinski definition) is 5. The summed E-state index contributed by atoms with van der Waals surface area (Å²) in [6, 6.07) is 14.4. The van der Waals surface area contributed by atoms with E-state index in [0.717, 1.165) is 8.95 Å². The van der Waals surface area contributed by atoms with Crippen LogP contribution >= 0.6 is 43.5 Å². The first-order valence-electron chi connectivity index (χ1n) is 9.30. The van der Waals surface area contributed by atoms with Gasteiger partial charge in [0.2, 0.25) is 0 Å². The molecule has 11 heteroatoms. The van der Waals surface area contributed by atoms with E-state index in [9.17, 15) is 4.79 Å². The minimum absolute atomic E-state index is 0.111. The van der Waals surface area contributed by atoms with E-state index in [1.54, 1.807) is 41.5 Å². The van der Waals surface area contributed by atoms with E-state index in [-0.39, 0.29) is 25.1 Å². The highest BCUT2D eigenvalue weighted by Crippen LogP contribution is 2.27. The molecule has 4 rings (SSSR count). The van der Waals surface area contributed by atoms with Crippen LogP contribution in [0, 0.1) is 0 Å². The van der Waals surface area contributed by atoms with Crippen LogP contribution in [-0.4, -0.2) is 25.5 Å². The Morgan fingerprint density at radius 2 is 1.75 bits per heavy atom. The minimum Gasteiger partial charge on any atom is -0.471 e. The van der Waals surface area contributed by atoms with Gasteiger partial charge in [0.1, 0.15) is 11.5 Å². The SMILES string of the molecule is O=C(Nc1cnn(COc2ccc(Br)cc2)c1)c1ccn(COc2ccc(Br)cc2Cl)n1. The van der Waals surface area contributed by atoms with Gasteiger partial charge in [-0.05, 0) is 48.5 Å². The molecular formula is C21H16Br2ClN5O3. The number of rotatable bonds is 8. The standard InChI is InChI=1S/C21H16Br2ClN5O3/c22-14-1-4-17(5-2-14)31-13-29-11-16(10-25-29)26-21(30)19-7-8-28(27-19)12-32-20-6-3-15(23)9-18(20)24/h1-11H,12-13H2,(H,26,30). The van der Waals surface area contributed by atoms with Crippen LogP contribution in [0.25, 0.3) is 0 Å². The molecule has 4 aromatic rings. The van der Waals surface area contributed by atoms with Crippen molar-refractivity contribution in [1.82, 2.24) is 19.6 Å². The Morgan fingerprint density at radius 1 is 1.00 bits per heavy atom. The van der Waals surface area contributed by atoms with Crippen molar-refractivity contribution < 1.29 is 14.3 Å². The molecular weight excluding hydrogens is 566 g/mol. The van der Waals surface area contributed by atoms with Crippen molar-refractivity contribution in [3.63, 3.8) is 0 Å². The lowest BCUT2D eigenvalue weighted by Gasteiger charge is -2.08. The number of benzene rings is 2. The van der Waals surface area contributed by atoms with Crippen LogP contribution in [0.15, 0.2) is 76.1 Å². The number of nitrogens with zero attached hydrogens (tertiary/aromatic N) is 4. The highest BCUT2D eigenvalue weighted by molar-refractivity contribution is 9.10. The fourth-order valence-corrected chi connectivity index (χ4v) is 3.64. The van der Waals surface area contributed by atoms with Crippen LogP contribution in [0.5, 0.6) is 11.5 Å². The minimum atomic E-state index is -0.362. The molecule has 2 aromatic heterocycles. The first-order valence-corrected chi connectivity index (χ1v) is 11.3. The van der Waals surface area contributed by atoms with Crippen LogP contribution in [0.2, 0.25) is 5.02 Å². The van der Waals surface area contributed by atoms with Crippen molar-refractivity contribution in [2.75, 3.05) is 5.32 Å². The van der Waals surface area contributed by atoms with Crippen LogP contribution in [0.4, 0.5) is 5.69 Å². The van der Waals surface area contributed by atoms with Crippen LogP contribution < -0.4 is 14.8 Å². The Bertz CT molecular complexity index is 1230. The van der Waals surface area contributed by atoms with Gasteiger partial charge >= 0.3 is 0 Å². The number of carbonyl (C=O) groups excluding carboxylic acids is 1. The highest BCUT2D eigenvalue weighted by Gasteiger charge is 2.12. The van der Waals surface area contributed by atoms with Crippen LogP contribution in [0.1, 0.15) is 10.5 Å². The largest absolute Gasteiger partial charge is 0.471 e. The van der Waals surface area contributed by atoms with Gasteiger partial charge in [-0.15, -0.1) is 0 Å². The molecule has 0 aliphatic heterocycles. The van der Waals surface area contributed by atoms with Gasteiger partial charge < -0.3 is 14.8 Å². The van der Waals surface area contributed by atoms with Gasteiger partial charge in [0.15, 0.2) is 19.2 Å². The summed E-state index contributed by atoms with van der Waals surface area (Å²) in [5.41, 5.74) is 0.774. The number of amides is 1. The number of nitrogens with one attached hydrogen (secondary N) is 1. The van der Waals surface area contributed by atoms with Gasteiger partial charge in [0.05, 0.1) is 23.1 Å². The molecule has 0 fully saturated rings. The number of hydrogen-bond donors (Lipinski definition) is 1. The monoisotopic (exact) mass is 579 g/mol. The number of aromatic nitrogens is 4. The van der Waals surface area contributed by atoms with Crippen molar-refractivity contribution >= 4 is 55.1 Å². The average molecular weight is 582 g/mol. The molecule has 0 spiro atoms. The molecule has 0 saturated carbocycles. The van der Waals surface area contributed by atoms with Crippen molar-refractivity contribution in [2.45, 2.75) is 13.5 Å². The van der Waals surface area contributed by atoms with E-state index in [1.165, 1.54) is 4.68 Å². The Morgan fingerprint density at radius 3 is 2.53 bits per heavy atom. The van der Waals surface area contributed by atoms with Crippen molar-refractivity contribution in [3.05, 3.63) is 86.8 Å². The molecule has 0 unspecified atom stereocenters. The summed E-state index contributed by atoms with van der Waals surface area (Å²) in [4.78, 5) is 12.5. The van der Waals surface area contributed by atoms with Gasteiger partial charge in [-0.1, -0.05) is 43.5 Å². The zero-order valence-electron chi connectivity index (χ0n) is 16.4. The van der Waals surface area contributed by atoms with Gasteiger partial charge in [0.25, 0.3) is 5.91 Å². The van der Waals surface area contributed by atoms with Gasteiger partial charge in [-0.25, -0.2) is 9.36 Å². The quantitative estimate of drug-likeness (QED) is 0.294. The molecule has 1 N–H and O–H groups in total. The van der Waals surface area contributed by atoms with Gasteiger partial charge in [0, 0.05) is 15.1 Å². The Kier molecular flexibility index (Phi) is 7.13. The molecule has 0 radical (unpaired) electrons. The van der Waals surface area contributed by atoms with Crippen LogP contribution in [0.3, 0.4) is 0 Å². The lowest BCUT2D eigenvalue weighted by molar-refractivity contribution is 0.102. The van der Waals surface area contributed by atoms with E-state index in [1.807, 2.05) is 30.3 Å². The fourth-order valence-electron chi connectivity index (χ4n) is 2.65. The Balaban J connectivity index is 1.29. The van der Waals surface area contributed by atoms with E-state index in [2.05, 4.69) is 47.4 Å². The number of anilines is 1. The second-order valence-electron chi connectivity index (χ2n) is 6.54. The maximum atomic E-state index is 12.5. The summed E-state index contributed by atoms with van der Waals surface area (Å²) < 4.78 is 16.2. The third kappa shape index (κ3) is 5.90. The van der Waals surface area contributed by atoms with Crippen molar-refractivity contribution in [3.8, 4) is 11.5 Å². The molecule has 0 aliphatic carbocycles. The molecule has 1 amide bonds. The number of halogens is 3. The van der Waals surface area contributed by atoms with Crippen molar-refractivity contribution in [1.29, 1.82) is 0 Å². The molecule has 0 atom stereocenters. The van der Waals surface area contributed by atoms with E-state index in [4.69, 9.17) is 21.1 Å². The van der Waals surface area contributed by atoms with E-state index < -0.39 is 0 Å². The smallest absolute Gasteiger partial charge is 0.276 e. The molecule has 32 heavy (non-hydrogen) atoms. The summed E-state index contributed by atoms with van der Waals surface area (Å²) in [6.45, 7) is 0.321. The summed E-state index contributed by atoms with van der Waals surface area (Å²) in [7, 11) is 0. The summed E-state index contributed by atoms with van der Waals surface area (Å²) in [6.07, 6.45) is 4.86. The first kappa shape index (κ1) is 22.4. The topological polar surface area (TPSA) is 83.2 Å². The second-order valence-corrected chi connectivity index (χ2v) is 8.78. The molecule has 164 valence electrons. The molecule has 2 aromatic carbocycles. The average Bonchev–Trinajstić information content (AvgIpc) is 3.42. The number of ether oxygens (including phenoxy) is 2. The third-order valence-corrected chi connectivity index (χ3v) is 5.51. The molecule has 0 aliphatic rings. The molecule has 8 nitrogen and oxygen atoms in total. The molecule has 0 saturated heterocycles. The maximum absolute atomic E-state index is 12.5. The zero-order valence-corrected chi connectivity index (χ0v) is 20.3. The predicted octanol–water partition coefficient (Wildman–Crippen LogP) is 5.58. The van der Waals surface area contributed by atoms with Gasteiger partial charge in [-0.3, -0.25) is 4.79 Å². The van der Waals surface area contributed by atoms with E-state index in [0.29, 0.717) is 22.2 Å². The van der Waals surface area contributed by atoms with Gasteiger partial charge in [-0.2, -0.15) is 10.2 Å². The predicted molar refractivity (Wildman–Crippen MR) is 127 cm³/mol. The number of carbonyl (C=O) groups is 1. The second kappa shape index (κ2) is 10.2. The lowest BCUT2D eigenvalue weighted by atomic mass is 10.3. The fraction of sp³-hybridized carbons (Fsp3) is 0.0952. The highest BCUT2D eigenvalue weighted by atomic mass is 79.9. The maximum Gasteiger partial charge on any atom is 0.276 e. The Hall–Kier alpha value is -2.82. The zero-order chi connectivity index (χ0) is 22.5. The summed E-state index contributed by atoms with van der Waals surface area (Å²) in [5.74, 6) is 0.874. The van der Waals surface area contributed by atoms with Crippen molar-refractivity contribution in [2.24, 2.45) is 0 Å². The molecule has 0 bridgehead atoms. The van der Waals surface area contributed by atoms with E-state index >= 15 is 0 Å². The lowest BCUT2D eigenvalue weighted by Crippen LogP contribution is -2.14. The Labute approximate surface area is 205 Å². The van der Waals surface area contributed by atoms with Crippen LogP contribution in [-0.2, 0) is 13.5 Å². The summed E-state index contributed by atoms with van der Waals surface area (Å²) in [5, 5.41) is 11.7. The first-order chi connectivity index (χ1) is 15.5.